The maximum Gasteiger partial charge on any atom is 0.188 e. The molecule has 1 aliphatic rings. The predicted octanol–water partition coefficient (Wildman–Crippen LogP) is 4.90. The minimum absolute atomic E-state index is 0.0471. The molecule has 0 saturated carbocycles. The molecule has 0 radical (unpaired) electrons. The van der Waals surface area contributed by atoms with Crippen LogP contribution in [0, 0.1) is 16.7 Å². The fourth-order valence-electron chi connectivity index (χ4n) is 3.71. The molecule has 0 spiro atoms. The monoisotopic (exact) mass is 334 g/mol. The van der Waals surface area contributed by atoms with Gasteiger partial charge in [0.2, 0.25) is 0 Å². The second kappa shape index (κ2) is 7.35. The van der Waals surface area contributed by atoms with E-state index in [1.54, 1.807) is 13.8 Å². The van der Waals surface area contributed by atoms with Crippen LogP contribution in [0.3, 0.4) is 0 Å². The third-order valence-corrected chi connectivity index (χ3v) is 4.82. The van der Waals surface area contributed by atoms with E-state index in [9.17, 15) is 9.59 Å². The summed E-state index contributed by atoms with van der Waals surface area (Å²) >= 11 is 0. The number of hydrogen-bond acceptors (Lipinski definition) is 3. The van der Waals surface area contributed by atoms with E-state index in [1.807, 2.05) is 0 Å². The highest BCUT2D eigenvalue weighted by molar-refractivity contribution is 6.15. The summed E-state index contributed by atoms with van der Waals surface area (Å²) in [5, 5.41) is 0. The van der Waals surface area contributed by atoms with Crippen molar-refractivity contribution < 1.29 is 14.3 Å². The molecular formula is C21H34O3. The minimum Gasteiger partial charge on any atom is -0.373 e. The second-order valence-corrected chi connectivity index (χ2v) is 9.05. The molecule has 2 atom stereocenters. The van der Waals surface area contributed by atoms with Crippen LogP contribution < -0.4 is 0 Å². The number of carbonyl (C=O) groups is 2. The molecule has 0 amide bonds. The Morgan fingerprint density at radius 3 is 2.12 bits per heavy atom. The molecule has 0 aliphatic heterocycles. The normalized spacial score (nSPS) is 24.0. The lowest BCUT2D eigenvalue weighted by atomic mass is 9.68. The molecule has 24 heavy (non-hydrogen) atoms. The lowest BCUT2D eigenvalue weighted by Crippen LogP contribution is -2.44. The van der Waals surface area contributed by atoms with E-state index < -0.39 is 12.0 Å². The molecule has 3 nitrogen and oxygen atoms in total. The first-order chi connectivity index (χ1) is 10.8. The van der Waals surface area contributed by atoms with Crippen LogP contribution >= 0.6 is 0 Å². The Bertz CT molecular complexity index is 570. The topological polar surface area (TPSA) is 43.4 Å². The summed E-state index contributed by atoms with van der Waals surface area (Å²) < 4.78 is 5.25. The zero-order valence-corrected chi connectivity index (χ0v) is 16.9. The molecule has 0 aromatic rings. The van der Waals surface area contributed by atoms with Crippen molar-refractivity contribution in [1.29, 1.82) is 0 Å². The smallest absolute Gasteiger partial charge is 0.188 e. The summed E-state index contributed by atoms with van der Waals surface area (Å²) in [4.78, 5) is 25.4. The largest absolute Gasteiger partial charge is 0.373 e. The van der Waals surface area contributed by atoms with Gasteiger partial charge in [0.05, 0.1) is 5.92 Å². The van der Waals surface area contributed by atoms with Gasteiger partial charge in [-0.25, -0.2) is 0 Å². The average Bonchev–Trinajstić information content (AvgIpc) is 2.42. The van der Waals surface area contributed by atoms with Crippen LogP contribution in [0.2, 0.25) is 0 Å². The van der Waals surface area contributed by atoms with Crippen molar-refractivity contribution in [2.45, 2.75) is 74.3 Å². The Kier molecular flexibility index (Phi) is 6.37. The molecule has 1 rings (SSSR count). The van der Waals surface area contributed by atoms with Crippen molar-refractivity contribution in [2.75, 3.05) is 7.11 Å². The van der Waals surface area contributed by atoms with Crippen molar-refractivity contribution in [3.05, 3.63) is 22.8 Å². The molecule has 0 heterocycles. The van der Waals surface area contributed by atoms with E-state index in [0.717, 1.165) is 12.8 Å². The molecule has 3 heteroatoms. The Morgan fingerprint density at radius 2 is 1.67 bits per heavy atom. The van der Waals surface area contributed by atoms with Gasteiger partial charge in [-0.1, -0.05) is 53.2 Å². The maximum atomic E-state index is 12.9. The van der Waals surface area contributed by atoms with Crippen LogP contribution in [0.15, 0.2) is 22.8 Å². The van der Waals surface area contributed by atoms with Crippen molar-refractivity contribution >= 4 is 11.6 Å². The highest BCUT2D eigenvalue weighted by atomic mass is 16.5. The Morgan fingerprint density at radius 1 is 1.12 bits per heavy atom. The summed E-state index contributed by atoms with van der Waals surface area (Å²) in [7, 11) is 1.49. The summed E-state index contributed by atoms with van der Waals surface area (Å²) in [5.74, 6) is -0.422. The molecule has 0 bridgehead atoms. The Hall–Kier alpha value is -1.22. The van der Waals surface area contributed by atoms with Gasteiger partial charge in [-0.2, -0.15) is 0 Å². The number of allylic oxidation sites excluding steroid dienone is 3. The van der Waals surface area contributed by atoms with Gasteiger partial charge >= 0.3 is 0 Å². The van der Waals surface area contributed by atoms with Crippen LogP contribution in [0.25, 0.3) is 0 Å². The van der Waals surface area contributed by atoms with Crippen LogP contribution in [-0.2, 0) is 14.3 Å². The number of methoxy groups -OCH3 is 1. The highest BCUT2D eigenvalue weighted by Crippen LogP contribution is 2.40. The molecule has 1 aliphatic carbocycles. The number of rotatable bonds is 5. The van der Waals surface area contributed by atoms with Gasteiger partial charge in [0.25, 0.3) is 0 Å². The molecule has 0 saturated heterocycles. The van der Waals surface area contributed by atoms with Gasteiger partial charge in [0.15, 0.2) is 11.6 Å². The highest BCUT2D eigenvalue weighted by Gasteiger charge is 2.43. The first kappa shape index (κ1) is 20.8. The van der Waals surface area contributed by atoms with Crippen LogP contribution in [0.1, 0.15) is 68.2 Å². The zero-order chi connectivity index (χ0) is 18.9. The van der Waals surface area contributed by atoms with Gasteiger partial charge in [-0.15, -0.1) is 0 Å². The summed E-state index contributed by atoms with van der Waals surface area (Å²) in [6, 6.07) is 0. The molecule has 0 N–H and O–H groups in total. The third-order valence-electron chi connectivity index (χ3n) is 4.82. The van der Waals surface area contributed by atoms with Gasteiger partial charge in [-0.3, -0.25) is 9.59 Å². The molecule has 2 unspecified atom stereocenters. The quantitative estimate of drug-likeness (QED) is 0.671. The number of ketones is 2. The Labute approximate surface area is 147 Å². The predicted molar refractivity (Wildman–Crippen MR) is 98.9 cm³/mol. The second-order valence-electron chi connectivity index (χ2n) is 9.05. The van der Waals surface area contributed by atoms with Crippen molar-refractivity contribution in [3.63, 3.8) is 0 Å². The number of carbonyl (C=O) groups excluding carboxylic acids is 2. The summed E-state index contributed by atoms with van der Waals surface area (Å²) in [6.07, 6.45) is 3.35. The maximum absolute atomic E-state index is 12.9. The van der Waals surface area contributed by atoms with Gasteiger partial charge < -0.3 is 4.74 Å². The third kappa shape index (κ3) is 4.66. The van der Waals surface area contributed by atoms with E-state index in [-0.39, 0.29) is 22.4 Å². The first-order valence-electron chi connectivity index (χ1n) is 8.80. The van der Waals surface area contributed by atoms with Crippen molar-refractivity contribution in [3.8, 4) is 0 Å². The Balaban J connectivity index is 3.12. The molecular weight excluding hydrogens is 300 g/mol. The van der Waals surface area contributed by atoms with Gasteiger partial charge in [0, 0.05) is 18.3 Å². The van der Waals surface area contributed by atoms with E-state index >= 15 is 0 Å². The number of hydrogen-bond donors (Lipinski definition) is 0. The van der Waals surface area contributed by atoms with E-state index in [1.165, 1.54) is 12.7 Å². The molecule has 0 fully saturated rings. The lowest BCUT2D eigenvalue weighted by molar-refractivity contribution is -0.137. The minimum atomic E-state index is -0.643. The number of Topliss-reactive ketones (excluding diaryl/α,β-unsaturated/α-hetero) is 2. The van der Waals surface area contributed by atoms with E-state index in [0.29, 0.717) is 11.1 Å². The van der Waals surface area contributed by atoms with Crippen LogP contribution in [0.4, 0.5) is 0 Å². The van der Waals surface area contributed by atoms with Crippen molar-refractivity contribution in [2.24, 2.45) is 16.7 Å². The lowest BCUT2D eigenvalue weighted by Gasteiger charge is -2.35. The van der Waals surface area contributed by atoms with Gasteiger partial charge in [0.1, 0.15) is 6.10 Å². The van der Waals surface area contributed by atoms with Crippen LogP contribution in [-0.4, -0.2) is 24.8 Å². The SMILES string of the molecule is COC1C(=O)C(C)=C(C(C)(C)C/C=C(\C)CC(C)(C)C)C(=O)C1C. The fraction of sp³-hybridized carbons (Fsp3) is 0.714. The van der Waals surface area contributed by atoms with E-state index in [2.05, 4.69) is 47.6 Å². The first-order valence-corrected chi connectivity index (χ1v) is 8.80. The average molecular weight is 335 g/mol. The standard InChI is InChI=1S/C21H34O3/c1-13(12-20(4,5)6)10-11-21(7,8)16-14(2)18(23)19(24-9)15(3)17(16)22/h10,15,19H,11-12H2,1-9H3/b13-10+. The number of ether oxygens (including phenoxy) is 1. The molecule has 0 aromatic carbocycles. The summed E-state index contributed by atoms with van der Waals surface area (Å²) in [6.45, 7) is 16.5. The summed E-state index contributed by atoms with van der Waals surface area (Å²) in [5.41, 5.74) is 2.45. The van der Waals surface area contributed by atoms with E-state index in [4.69, 9.17) is 4.74 Å². The zero-order valence-electron chi connectivity index (χ0n) is 16.9. The van der Waals surface area contributed by atoms with Crippen molar-refractivity contribution in [1.82, 2.24) is 0 Å². The molecule has 0 aromatic heterocycles. The van der Waals surface area contributed by atoms with Gasteiger partial charge in [-0.05, 0) is 37.5 Å². The fourth-order valence-corrected chi connectivity index (χ4v) is 3.71. The van der Waals surface area contributed by atoms with Crippen LogP contribution in [0.5, 0.6) is 0 Å². The molecule has 136 valence electrons.